The van der Waals surface area contributed by atoms with Gasteiger partial charge in [-0.2, -0.15) is 0 Å². The van der Waals surface area contributed by atoms with Gasteiger partial charge in [-0.1, -0.05) is 48.5 Å². The van der Waals surface area contributed by atoms with Gasteiger partial charge >= 0.3 is 0 Å². The number of para-hydroxylation sites is 1. The lowest BCUT2D eigenvalue weighted by Gasteiger charge is -2.07. The highest BCUT2D eigenvalue weighted by Crippen LogP contribution is 2.19. The van der Waals surface area contributed by atoms with Gasteiger partial charge in [-0.05, 0) is 18.1 Å². The molecule has 0 aliphatic carbocycles. The molecule has 1 aromatic heterocycles. The zero-order valence-electron chi connectivity index (χ0n) is 13.5. The Bertz CT molecular complexity index is 869. The quantitative estimate of drug-likeness (QED) is 0.726. The van der Waals surface area contributed by atoms with Crippen LogP contribution in [0.4, 0.5) is 0 Å². The maximum absolute atomic E-state index is 12.3. The summed E-state index contributed by atoms with van der Waals surface area (Å²) in [7, 11) is 1.89. The molecule has 0 saturated heterocycles. The molecular formula is C19H19N3O2. The molecule has 0 aliphatic rings. The zero-order chi connectivity index (χ0) is 16.9. The van der Waals surface area contributed by atoms with Gasteiger partial charge in [-0.3, -0.25) is 20.4 Å². The number of hydrogen-bond acceptors (Lipinski definition) is 2. The summed E-state index contributed by atoms with van der Waals surface area (Å²) in [6.07, 6.45) is 2.72. The Morgan fingerprint density at radius 2 is 1.67 bits per heavy atom. The first-order valence-corrected chi connectivity index (χ1v) is 7.82. The molecule has 5 heteroatoms. The average molecular weight is 321 g/mol. The molecule has 2 aromatic carbocycles. The Kier molecular flexibility index (Phi) is 4.61. The number of aryl methyl sites for hydroxylation is 2. The highest BCUT2D eigenvalue weighted by atomic mass is 16.2. The Balaban J connectivity index is 1.58. The first-order valence-electron chi connectivity index (χ1n) is 7.82. The van der Waals surface area contributed by atoms with E-state index in [1.165, 1.54) is 0 Å². The predicted molar refractivity (Wildman–Crippen MR) is 93.3 cm³/mol. The van der Waals surface area contributed by atoms with E-state index in [0.29, 0.717) is 18.4 Å². The Hall–Kier alpha value is -3.08. The molecule has 1 heterocycles. The molecule has 24 heavy (non-hydrogen) atoms. The molecule has 0 unspecified atom stereocenters. The number of aromatic nitrogens is 1. The van der Waals surface area contributed by atoms with E-state index < -0.39 is 0 Å². The second-order valence-electron chi connectivity index (χ2n) is 5.66. The van der Waals surface area contributed by atoms with Gasteiger partial charge in [-0.25, -0.2) is 0 Å². The molecule has 2 amide bonds. The third kappa shape index (κ3) is 3.46. The molecular weight excluding hydrogens is 302 g/mol. The molecule has 0 spiro atoms. The molecule has 0 bridgehead atoms. The summed E-state index contributed by atoms with van der Waals surface area (Å²) in [5, 5.41) is 0.857. The fourth-order valence-corrected chi connectivity index (χ4v) is 2.68. The van der Waals surface area contributed by atoms with Crippen LogP contribution in [0.15, 0.2) is 60.8 Å². The molecule has 5 nitrogen and oxygen atoms in total. The number of carbonyl (C=O) groups is 2. The normalized spacial score (nSPS) is 10.5. The van der Waals surface area contributed by atoms with Gasteiger partial charge in [0.15, 0.2) is 0 Å². The van der Waals surface area contributed by atoms with Crippen LogP contribution in [0.3, 0.4) is 0 Å². The third-order valence-electron chi connectivity index (χ3n) is 3.94. The van der Waals surface area contributed by atoms with Crippen molar-refractivity contribution in [3.05, 3.63) is 71.9 Å². The topological polar surface area (TPSA) is 63.1 Å². The fourth-order valence-electron chi connectivity index (χ4n) is 2.68. The number of rotatable bonds is 4. The van der Waals surface area contributed by atoms with E-state index in [1.807, 2.05) is 66.2 Å². The van der Waals surface area contributed by atoms with E-state index in [4.69, 9.17) is 0 Å². The van der Waals surface area contributed by atoms with Crippen LogP contribution in [0.1, 0.15) is 22.3 Å². The number of hydrazine groups is 1. The van der Waals surface area contributed by atoms with Gasteiger partial charge in [0.05, 0.1) is 5.56 Å². The monoisotopic (exact) mass is 321 g/mol. The minimum absolute atomic E-state index is 0.215. The Morgan fingerprint density at radius 3 is 2.46 bits per heavy atom. The van der Waals surface area contributed by atoms with E-state index in [1.54, 1.807) is 6.20 Å². The number of amides is 2. The molecule has 3 aromatic rings. The highest BCUT2D eigenvalue weighted by Gasteiger charge is 2.14. The molecule has 3 rings (SSSR count). The lowest BCUT2D eigenvalue weighted by molar-refractivity contribution is -0.121. The molecule has 0 atom stereocenters. The van der Waals surface area contributed by atoms with E-state index in [0.717, 1.165) is 16.5 Å². The van der Waals surface area contributed by atoms with Crippen molar-refractivity contribution in [2.24, 2.45) is 7.05 Å². The summed E-state index contributed by atoms with van der Waals surface area (Å²) >= 11 is 0. The fraction of sp³-hybridized carbons (Fsp3) is 0.158. The number of nitrogens with one attached hydrogen (secondary N) is 2. The molecule has 0 aliphatic heterocycles. The maximum atomic E-state index is 12.3. The number of carbonyl (C=O) groups excluding carboxylic acids is 2. The van der Waals surface area contributed by atoms with Gasteiger partial charge in [0.25, 0.3) is 5.91 Å². The van der Waals surface area contributed by atoms with E-state index in [-0.39, 0.29) is 11.8 Å². The van der Waals surface area contributed by atoms with Crippen molar-refractivity contribution in [3.8, 4) is 0 Å². The van der Waals surface area contributed by atoms with Crippen LogP contribution in [0.2, 0.25) is 0 Å². The number of hydrogen-bond donors (Lipinski definition) is 2. The first-order chi connectivity index (χ1) is 11.6. The Labute approximate surface area is 140 Å². The predicted octanol–water partition coefficient (Wildman–Crippen LogP) is 2.57. The number of benzene rings is 2. The summed E-state index contributed by atoms with van der Waals surface area (Å²) in [5.41, 5.74) is 7.57. The second-order valence-corrected chi connectivity index (χ2v) is 5.66. The number of fused-ring (bicyclic) bond motifs is 1. The SMILES string of the molecule is Cn1cc(C(=O)NNC(=O)CCc2ccccc2)c2ccccc21. The molecule has 0 fully saturated rings. The average Bonchev–Trinajstić information content (AvgIpc) is 2.96. The lowest BCUT2D eigenvalue weighted by Crippen LogP contribution is -2.41. The van der Waals surface area contributed by atoms with Gasteiger partial charge < -0.3 is 4.57 Å². The van der Waals surface area contributed by atoms with Crippen molar-refractivity contribution in [2.45, 2.75) is 12.8 Å². The van der Waals surface area contributed by atoms with Crippen molar-refractivity contribution < 1.29 is 9.59 Å². The van der Waals surface area contributed by atoms with Crippen molar-refractivity contribution in [1.82, 2.24) is 15.4 Å². The summed E-state index contributed by atoms with van der Waals surface area (Å²) < 4.78 is 1.89. The minimum atomic E-state index is -0.320. The van der Waals surface area contributed by atoms with Crippen molar-refractivity contribution >= 4 is 22.7 Å². The van der Waals surface area contributed by atoms with E-state index in [9.17, 15) is 9.59 Å². The van der Waals surface area contributed by atoms with E-state index in [2.05, 4.69) is 10.9 Å². The highest BCUT2D eigenvalue weighted by molar-refractivity contribution is 6.07. The van der Waals surface area contributed by atoms with Crippen LogP contribution in [0.25, 0.3) is 10.9 Å². The van der Waals surface area contributed by atoms with Crippen LogP contribution < -0.4 is 10.9 Å². The second kappa shape index (κ2) is 7.00. The van der Waals surface area contributed by atoms with Crippen molar-refractivity contribution in [2.75, 3.05) is 0 Å². The van der Waals surface area contributed by atoms with Gasteiger partial charge in [-0.15, -0.1) is 0 Å². The largest absolute Gasteiger partial charge is 0.350 e. The van der Waals surface area contributed by atoms with E-state index >= 15 is 0 Å². The summed E-state index contributed by atoms with van der Waals surface area (Å²) in [5.74, 6) is -0.535. The molecule has 0 saturated carbocycles. The first kappa shape index (κ1) is 15.8. The summed E-state index contributed by atoms with van der Waals surface area (Å²) in [6.45, 7) is 0. The van der Waals surface area contributed by atoms with Crippen LogP contribution in [-0.2, 0) is 18.3 Å². The van der Waals surface area contributed by atoms with Crippen molar-refractivity contribution in [3.63, 3.8) is 0 Å². The standard InChI is InChI=1S/C19H19N3O2/c1-22-13-16(15-9-5-6-10-17(15)22)19(24)21-20-18(23)12-11-14-7-3-2-4-8-14/h2-10,13H,11-12H2,1H3,(H,20,23)(H,21,24). The van der Waals surface area contributed by atoms with Crippen LogP contribution in [0, 0.1) is 0 Å². The van der Waals surface area contributed by atoms with Crippen LogP contribution in [0.5, 0.6) is 0 Å². The lowest BCUT2D eigenvalue weighted by atomic mass is 10.1. The molecule has 122 valence electrons. The van der Waals surface area contributed by atoms with Gasteiger partial charge in [0.1, 0.15) is 0 Å². The van der Waals surface area contributed by atoms with Gasteiger partial charge in [0, 0.05) is 30.6 Å². The summed E-state index contributed by atoms with van der Waals surface area (Å²) in [6, 6.07) is 17.4. The van der Waals surface area contributed by atoms with Crippen molar-refractivity contribution in [1.29, 1.82) is 0 Å². The smallest absolute Gasteiger partial charge is 0.271 e. The summed E-state index contributed by atoms with van der Waals surface area (Å²) in [4.78, 5) is 24.2. The van der Waals surface area contributed by atoms with Crippen LogP contribution >= 0.6 is 0 Å². The minimum Gasteiger partial charge on any atom is -0.350 e. The van der Waals surface area contributed by atoms with Gasteiger partial charge in [0.2, 0.25) is 5.91 Å². The molecule has 2 N–H and O–H groups in total. The third-order valence-corrected chi connectivity index (χ3v) is 3.94. The van der Waals surface area contributed by atoms with Crippen LogP contribution in [-0.4, -0.2) is 16.4 Å². The zero-order valence-corrected chi connectivity index (χ0v) is 13.5. The molecule has 0 radical (unpaired) electrons. The Morgan fingerprint density at radius 1 is 0.958 bits per heavy atom. The number of nitrogens with zero attached hydrogens (tertiary/aromatic N) is 1. The maximum Gasteiger partial charge on any atom is 0.271 e.